The lowest BCUT2D eigenvalue weighted by atomic mass is 10.0. The van der Waals surface area contributed by atoms with Crippen LogP contribution in [0.15, 0.2) is 23.1 Å². The zero-order valence-electron chi connectivity index (χ0n) is 11.8. The van der Waals surface area contributed by atoms with Gasteiger partial charge in [0.15, 0.2) is 0 Å². The molecule has 4 heteroatoms. The SMILES string of the molecule is CCSc1cccc(NC(CO)CC(C)C)c1C#N. The van der Waals surface area contributed by atoms with Crippen LogP contribution in [0, 0.1) is 17.2 Å². The summed E-state index contributed by atoms with van der Waals surface area (Å²) in [6, 6.07) is 8.08. The highest BCUT2D eigenvalue weighted by Gasteiger charge is 2.13. The van der Waals surface area contributed by atoms with Gasteiger partial charge in [-0.15, -0.1) is 11.8 Å². The van der Waals surface area contributed by atoms with Gasteiger partial charge in [0.25, 0.3) is 0 Å². The van der Waals surface area contributed by atoms with Crippen LogP contribution in [-0.4, -0.2) is 23.5 Å². The van der Waals surface area contributed by atoms with E-state index < -0.39 is 0 Å². The molecule has 3 nitrogen and oxygen atoms in total. The number of hydrogen-bond acceptors (Lipinski definition) is 4. The van der Waals surface area contributed by atoms with Gasteiger partial charge < -0.3 is 10.4 Å². The molecular formula is C15H22N2OS. The minimum Gasteiger partial charge on any atom is -0.394 e. The van der Waals surface area contributed by atoms with E-state index in [1.165, 1.54) is 0 Å². The minimum atomic E-state index is -0.00558. The van der Waals surface area contributed by atoms with E-state index in [0.717, 1.165) is 22.8 Å². The van der Waals surface area contributed by atoms with Gasteiger partial charge in [-0.1, -0.05) is 26.8 Å². The molecule has 0 saturated carbocycles. The van der Waals surface area contributed by atoms with Crippen molar-refractivity contribution in [3.05, 3.63) is 23.8 Å². The van der Waals surface area contributed by atoms with Crippen molar-refractivity contribution in [2.75, 3.05) is 17.7 Å². The van der Waals surface area contributed by atoms with Crippen LogP contribution in [-0.2, 0) is 0 Å². The van der Waals surface area contributed by atoms with E-state index in [1.807, 2.05) is 18.2 Å². The van der Waals surface area contributed by atoms with E-state index in [1.54, 1.807) is 11.8 Å². The van der Waals surface area contributed by atoms with Crippen LogP contribution in [0.4, 0.5) is 5.69 Å². The third-order valence-electron chi connectivity index (χ3n) is 2.77. The normalized spacial score (nSPS) is 12.2. The Hall–Kier alpha value is -1.18. The third kappa shape index (κ3) is 4.77. The van der Waals surface area contributed by atoms with Crippen molar-refractivity contribution in [2.45, 2.75) is 38.1 Å². The van der Waals surface area contributed by atoms with E-state index in [0.29, 0.717) is 11.5 Å². The Labute approximate surface area is 120 Å². The van der Waals surface area contributed by atoms with Crippen molar-refractivity contribution < 1.29 is 5.11 Å². The van der Waals surface area contributed by atoms with Crippen molar-refractivity contribution in [3.63, 3.8) is 0 Å². The fourth-order valence-corrected chi connectivity index (χ4v) is 2.80. The number of benzene rings is 1. The van der Waals surface area contributed by atoms with Gasteiger partial charge in [0.2, 0.25) is 0 Å². The van der Waals surface area contributed by atoms with Crippen LogP contribution in [0.1, 0.15) is 32.8 Å². The molecule has 0 heterocycles. The molecule has 0 fully saturated rings. The molecule has 1 aromatic carbocycles. The molecule has 1 rings (SSSR count). The molecule has 0 amide bonds. The van der Waals surface area contributed by atoms with Crippen LogP contribution in [0.25, 0.3) is 0 Å². The van der Waals surface area contributed by atoms with Crippen LogP contribution in [0.2, 0.25) is 0 Å². The molecule has 2 N–H and O–H groups in total. The number of nitriles is 1. The highest BCUT2D eigenvalue weighted by Crippen LogP contribution is 2.28. The van der Waals surface area contributed by atoms with Gasteiger partial charge in [0.05, 0.1) is 17.9 Å². The first kappa shape index (κ1) is 15.9. The number of thioether (sulfide) groups is 1. The smallest absolute Gasteiger partial charge is 0.102 e. The Morgan fingerprint density at radius 1 is 1.42 bits per heavy atom. The summed E-state index contributed by atoms with van der Waals surface area (Å²) in [5.41, 5.74) is 1.50. The second kappa shape index (κ2) is 8.08. The summed E-state index contributed by atoms with van der Waals surface area (Å²) in [5, 5.41) is 22.0. The second-order valence-electron chi connectivity index (χ2n) is 4.88. The zero-order chi connectivity index (χ0) is 14.3. The maximum absolute atomic E-state index is 9.42. The van der Waals surface area contributed by atoms with Gasteiger partial charge in [-0.25, -0.2) is 0 Å². The average molecular weight is 278 g/mol. The molecule has 0 aromatic heterocycles. The van der Waals surface area contributed by atoms with Crippen molar-refractivity contribution in [1.82, 2.24) is 0 Å². The molecule has 0 aliphatic carbocycles. The quantitative estimate of drug-likeness (QED) is 0.750. The molecule has 0 spiro atoms. The van der Waals surface area contributed by atoms with Crippen LogP contribution in [0.5, 0.6) is 0 Å². The largest absolute Gasteiger partial charge is 0.394 e. The topological polar surface area (TPSA) is 56.0 Å². The zero-order valence-corrected chi connectivity index (χ0v) is 12.6. The lowest BCUT2D eigenvalue weighted by Crippen LogP contribution is -2.26. The summed E-state index contributed by atoms with van der Waals surface area (Å²) in [7, 11) is 0. The fraction of sp³-hybridized carbons (Fsp3) is 0.533. The fourth-order valence-electron chi connectivity index (χ4n) is 2.01. The molecule has 0 saturated heterocycles. The van der Waals surface area contributed by atoms with Crippen LogP contribution >= 0.6 is 11.8 Å². The van der Waals surface area contributed by atoms with E-state index in [4.69, 9.17) is 0 Å². The minimum absolute atomic E-state index is 0.00558. The van der Waals surface area contributed by atoms with Gasteiger partial charge >= 0.3 is 0 Å². The molecule has 0 radical (unpaired) electrons. The summed E-state index contributed by atoms with van der Waals surface area (Å²) in [4.78, 5) is 0.997. The summed E-state index contributed by atoms with van der Waals surface area (Å²) >= 11 is 1.66. The van der Waals surface area contributed by atoms with E-state index in [9.17, 15) is 10.4 Å². The Kier molecular flexibility index (Phi) is 6.75. The van der Waals surface area contributed by atoms with Crippen molar-refractivity contribution in [3.8, 4) is 6.07 Å². The Balaban J connectivity index is 2.93. The number of anilines is 1. The molecule has 0 bridgehead atoms. The summed E-state index contributed by atoms with van der Waals surface area (Å²) in [6.45, 7) is 6.40. The average Bonchev–Trinajstić information content (AvgIpc) is 2.38. The lowest BCUT2D eigenvalue weighted by Gasteiger charge is -2.21. The van der Waals surface area contributed by atoms with Crippen LogP contribution in [0.3, 0.4) is 0 Å². The molecular weight excluding hydrogens is 256 g/mol. The molecule has 0 aliphatic rings. The van der Waals surface area contributed by atoms with Gasteiger partial charge in [0, 0.05) is 10.9 Å². The second-order valence-corrected chi connectivity index (χ2v) is 6.18. The molecule has 0 aliphatic heterocycles. The summed E-state index contributed by atoms with van der Waals surface area (Å²) in [6.07, 6.45) is 0.881. The number of hydrogen-bond donors (Lipinski definition) is 2. The summed E-state index contributed by atoms with van der Waals surface area (Å²) in [5.74, 6) is 1.44. The van der Waals surface area contributed by atoms with E-state index in [2.05, 4.69) is 32.2 Å². The summed E-state index contributed by atoms with van der Waals surface area (Å²) < 4.78 is 0. The first-order chi connectivity index (χ1) is 9.12. The Bertz CT molecular complexity index is 440. The number of rotatable bonds is 7. The number of aliphatic hydroxyl groups excluding tert-OH is 1. The van der Waals surface area contributed by atoms with Gasteiger partial charge in [0.1, 0.15) is 6.07 Å². The molecule has 19 heavy (non-hydrogen) atoms. The standard InChI is InChI=1S/C15H22N2OS/c1-4-19-15-7-5-6-14(13(15)9-16)17-12(10-18)8-11(2)3/h5-7,11-12,17-18H,4,8,10H2,1-3H3. The maximum Gasteiger partial charge on any atom is 0.102 e. The third-order valence-corrected chi connectivity index (χ3v) is 3.71. The Morgan fingerprint density at radius 2 is 2.16 bits per heavy atom. The monoisotopic (exact) mass is 278 g/mol. The maximum atomic E-state index is 9.42. The van der Waals surface area contributed by atoms with Gasteiger partial charge in [-0.05, 0) is 30.2 Å². The van der Waals surface area contributed by atoms with Crippen molar-refractivity contribution >= 4 is 17.4 Å². The van der Waals surface area contributed by atoms with Gasteiger partial charge in [-0.2, -0.15) is 5.26 Å². The Morgan fingerprint density at radius 3 is 2.68 bits per heavy atom. The highest BCUT2D eigenvalue weighted by molar-refractivity contribution is 7.99. The molecule has 1 aromatic rings. The highest BCUT2D eigenvalue weighted by atomic mass is 32.2. The first-order valence-corrected chi connectivity index (χ1v) is 7.64. The molecule has 1 atom stereocenters. The predicted octanol–water partition coefficient (Wildman–Crippen LogP) is 3.49. The van der Waals surface area contributed by atoms with Crippen molar-refractivity contribution in [1.29, 1.82) is 5.26 Å². The molecule has 104 valence electrons. The van der Waals surface area contributed by atoms with Crippen LogP contribution < -0.4 is 5.32 Å². The van der Waals surface area contributed by atoms with E-state index in [-0.39, 0.29) is 12.6 Å². The number of nitrogens with zero attached hydrogens (tertiary/aromatic N) is 1. The lowest BCUT2D eigenvalue weighted by molar-refractivity contribution is 0.259. The number of nitrogens with one attached hydrogen (secondary N) is 1. The van der Waals surface area contributed by atoms with E-state index >= 15 is 0 Å². The van der Waals surface area contributed by atoms with Crippen molar-refractivity contribution in [2.24, 2.45) is 5.92 Å². The predicted molar refractivity (Wildman–Crippen MR) is 81.5 cm³/mol. The van der Waals surface area contributed by atoms with Gasteiger partial charge in [-0.3, -0.25) is 0 Å². The molecule has 1 unspecified atom stereocenters. The number of aliphatic hydroxyl groups is 1. The first-order valence-electron chi connectivity index (χ1n) is 6.65.